The first-order chi connectivity index (χ1) is 22.7. The van der Waals surface area contributed by atoms with Crippen LogP contribution in [0.2, 0.25) is 0 Å². The van der Waals surface area contributed by atoms with Gasteiger partial charge in [-0.15, -0.1) is 0 Å². The van der Waals surface area contributed by atoms with Crippen LogP contribution >= 0.6 is 0 Å². The summed E-state index contributed by atoms with van der Waals surface area (Å²) in [6.07, 6.45) is 4.30. The third-order valence-corrected chi connectivity index (χ3v) is 7.16. The van der Waals surface area contributed by atoms with E-state index in [0.29, 0.717) is 24.3 Å². The molecule has 4 unspecified atom stereocenters. The van der Waals surface area contributed by atoms with Crippen molar-refractivity contribution in [1.29, 1.82) is 0 Å². The molecule has 0 bridgehead atoms. The number of methoxy groups -OCH3 is 2. The molecule has 6 atom stereocenters. The lowest BCUT2D eigenvalue weighted by Gasteiger charge is -2.34. The van der Waals surface area contributed by atoms with Crippen molar-refractivity contribution in [2.45, 2.75) is 138 Å². The van der Waals surface area contributed by atoms with Crippen molar-refractivity contribution in [2.24, 2.45) is 23.5 Å². The van der Waals surface area contributed by atoms with Gasteiger partial charge in [0, 0.05) is 38.1 Å². The number of carbonyl (C=O) groups excluding carboxylic acids is 5. The molecule has 0 aromatic rings. The highest BCUT2D eigenvalue weighted by atomic mass is 16.5. The summed E-state index contributed by atoms with van der Waals surface area (Å²) in [5.41, 5.74) is 5.55. The molecular formula is C34H72N6O8. The van der Waals surface area contributed by atoms with Crippen molar-refractivity contribution in [3.8, 4) is 0 Å². The second-order valence-corrected chi connectivity index (χ2v) is 11.5. The van der Waals surface area contributed by atoms with E-state index in [9.17, 15) is 19.2 Å². The van der Waals surface area contributed by atoms with Gasteiger partial charge < -0.3 is 46.5 Å². The topological polar surface area (TPSA) is 199 Å². The lowest BCUT2D eigenvalue weighted by atomic mass is 9.89. The van der Waals surface area contributed by atoms with Gasteiger partial charge in [0.2, 0.25) is 18.2 Å². The van der Waals surface area contributed by atoms with Gasteiger partial charge in [-0.3, -0.25) is 14.4 Å². The second kappa shape index (κ2) is 33.8. The van der Waals surface area contributed by atoms with Gasteiger partial charge in [0.1, 0.15) is 6.04 Å². The molecule has 2 fully saturated rings. The van der Waals surface area contributed by atoms with Gasteiger partial charge in [0.15, 0.2) is 0 Å². The highest BCUT2D eigenvalue weighted by molar-refractivity contribution is 5.86. The van der Waals surface area contributed by atoms with Crippen molar-refractivity contribution in [2.75, 3.05) is 34.5 Å². The first kappa shape index (κ1) is 51.7. The minimum absolute atomic E-state index is 0.0545. The van der Waals surface area contributed by atoms with E-state index in [1.807, 2.05) is 48.5 Å². The van der Waals surface area contributed by atoms with Crippen LogP contribution < -0.4 is 32.3 Å². The van der Waals surface area contributed by atoms with Crippen LogP contribution in [0.25, 0.3) is 0 Å². The molecule has 2 rings (SSSR count). The SMILES string of the molecule is CC.CC.CCC(NC(=O)OC)C(C)C.CNC=O.COC(=O)NC(C(=O)NC1CCCC[C@@H]1NC(C)=O)C(C)C.C[C@H]1COCC1N. The van der Waals surface area contributed by atoms with Crippen molar-refractivity contribution in [3.63, 3.8) is 0 Å². The van der Waals surface area contributed by atoms with Gasteiger partial charge in [-0.2, -0.15) is 0 Å². The number of amides is 5. The third kappa shape index (κ3) is 26.9. The number of hydrogen-bond acceptors (Lipinski definition) is 9. The first-order valence-electron chi connectivity index (χ1n) is 17.4. The lowest BCUT2D eigenvalue weighted by molar-refractivity contribution is -0.126. The molecule has 0 spiro atoms. The predicted molar refractivity (Wildman–Crippen MR) is 192 cm³/mol. The van der Waals surface area contributed by atoms with Crippen molar-refractivity contribution in [3.05, 3.63) is 0 Å². The third-order valence-electron chi connectivity index (χ3n) is 7.16. The number of rotatable bonds is 9. The summed E-state index contributed by atoms with van der Waals surface area (Å²) >= 11 is 0. The Kier molecular flexibility index (Phi) is 36.4. The maximum atomic E-state index is 12.4. The molecule has 0 aromatic carbocycles. The highest BCUT2D eigenvalue weighted by Gasteiger charge is 2.31. The van der Waals surface area contributed by atoms with Crippen LogP contribution in [-0.2, 0) is 28.6 Å². The Labute approximate surface area is 291 Å². The molecule has 2 aliphatic rings. The number of nitrogens with two attached hydrogens (primary N) is 1. The molecule has 1 aliphatic carbocycles. The van der Waals surface area contributed by atoms with Crippen molar-refractivity contribution < 1.29 is 38.2 Å². The van der Waals surface area contributed by atoms with Gasteiger partial charge in [-0.25, -0.2) is 9.59 Å². The fourth-order valence-corrected chi connectivity index (χ4v) is 4.36. The molecule has 1 heterocycles. The summed E-state index contributed by atoms with van der Waals surface area (Å²) in [5.74, 6) is 0.614. The van der Waals surface area contributed by atoms with Crippen LogP contribution in [0.15, 0.2) is 0 Å². The first-order valence-corrected chi connectivity index (χ1v) is 17.4. The van der Waals surface area contributed by atoms with Crippen LogP contribution in [0, 0.1) is 17.8 Å². The molecule has 48 heavy (non-hydrogen) atoms. The quantitative estimate of drug-likeness (QED) is 0.193. The molecule has 14 heteroatoms. The van der Waals surface area contributed by atoms with Gasteiger partial charge in [0.05, 0.1) is 27.4 Å². The highest BCUT2D eigenvalue weighted by Crippen LogP contribution is 2.19. The average molecular weight is 693 g/mol. The molecule has 5 amide bonds. The number of nitrogens with one attached hydrogen (secondary N) is 5. The van der Waals surface area contributed by atoms with E-state index < -0.39 is 12.1 Å². The summed E-state index contributed by atoms with van der Waals surface area (Å²) < 4.78 is 14.1. The summed E-state index contributed by atoms with van der Waals surface area (Å²) in [5, 5.41) is 13.4. The molecule has 7 N–H and O–H groups in total. The number of carbonyl (C=O) groups is 5. The van der Waals surface area contributed by atoms with E-state index in [4.69, 9.17) is 15.3 Å². The summed E-state index contributed by atoms with van der Waals surface area (Å²) in [6, 6.07) is -0.304. The van der Waals surface area contributed by atoms with E-state index in [2.05, 4.69) is 56.8 Å². The van der Waals surface area contributed by atoms with Crippen molar-refractivity contribution in [1.82, 2.24) is 26.6 Å². The zero-order valence-electron chi connectivity index (χ0n) is 32.5. The fourth-order valence-electron chi connectivity index (χ4n) is 4.36. The van der Waals surface area contributed by atoms with Crippen LogP contribution in [-0.4, -0.2) is 95.1 Å². The molecule has 286 valence electrons. The van der Waals surface area contributed by atoms with E-state index in [1.165, 1.54) is 21.1 Å². The van der Waals surface area contributed by atoms with Crippen molar-refractivity contribution >= 4 is 30.4 Å². The van der Waals surface area contributed by atoms with Gasteiger partial charge >= 0.3 is 12.2 Å². The zero-order chi connectivity index (χ0) is 38.2. The Morgan fingerprint density at radius 1 is 0.854 bits per heavy atom. The van der Waals surface area contributed by atoms with Gasteiger partial charge in [-0.05, 0) is 37.0 Å². The van der Waals surface area contributed by atoms with Gasteiger partial charge in [0.25, 0.3) is 0 Å². The maximum absolute atomic E-state index is 12.4. The summed E-state index contributed by atoms with van der Waals surface area (Å²) in [6.45, 7) is 23.1. The molecule has 0 aromatic heterocycles. The number of ether oxygens (including phenoxy) is 3. The second-order valence-electron chi connectivity index (χ2n) is 11.5. The Bertz CT molecular complexity index is 823. The minimum atomic E-state index is -0.660. The van der Waals surface area contributed by atoms with E-state index in [-0.39, 0.29) is 42.0 Å². The molecule has 14 nitrogen and oxygen atoms in total. The largest absolute Gasteiger partial charge is 0.453 e. The zero-order valence-corrected chi connectivity index (χ0v) is 32.5. The lowest BCUT2D eigenvalue weighted by Crippen LogP contribution is -2.58. The normalized spacial score (nSPS) is 20.1. The smallest absolute Gasteiger partial charge is 0.407 e. The monoisotopic (exact) mass is 693 g/mol. The fraction of sp³-hybridized carbons (Fsp3) is 0.853. The maximum Gasteiger partial charge on any atom is 0.407 e. The van der Waals surface area contributed by atoms with E-state index in [1.54, 1.807) is 7.05 Å². The molecule has 1 saturated heterocycles. The van der Waals surface area contributed by atoms with Crippen LogP contribution in [0.5, 0.6) is 0 Å². The number of hydrogen-bond donors (Lipinski definition) is 6. The molecular weight excluding hydrogens is 620 g/mol. The summed E-state index contributed by atoms with van der Waals surface area (Å²) in [7, 11) is 4.20. The van der Waals surface area contributed by atoms with E-state index in [0.717, 1.165) is 45.3 Å². The summed E-state index contributed by atoms with van der Waals surface area (Å²) in [4.78, 5) is 54.9. The number of alkyl carbamates (subject to hydrolysis) is 2. The van der Waals surface area contributed by atoms with Crippen LogP contribution in [0.3, 0.4) is 0 Å². The minimum Gasteiger partial charge on any atom is -0.453 e. The van der Waals surface area contributed by atoms with Gasteiger partial charge in [-0.1, -0.05) is 82.1 Å². The Balaban J connectivity index is -0.000000308. The molecule has 0 radical (unpaired) electrons. The Morgan fingerprint density at radius 2 is 1.31 bits per heavy atom. The molecule has 1 aliphatic heterocycles. The average Bonchev–Trinajstić information content (AvgIpc) is 3.46. The standard InChI is InChI=1S/C15H27N3O4.C8H17NO2.C5H11NO.C2H5NO.2C2H6/c1-9(2)13(18-15(21)22-4)14(20)17-12-8-6-5-7-11(12)16-10(3)19;1-5-7(6(2)3)9-8(10)11-4;1-4-2-7-3-5(4)6;1-3-2-4;2*1-2/h9,11-13H,5-8H2,1-4H3,(H,16,19)(H,17,20)(H,18,21);6-7H,5H2,1-4H3,(H,9,10);4-5H,2-3,6H2,1H3;2H,1H3,(H,3,4);2*1-2H3/t11-,12?,13?;;4-,5?;;;/m0.0.../s1. The van der Waals surface area contributed by atoms with E-state index >= 15 is 0 Å². The Morgan fingerprint density at radius 3 is 1.60 bits per heavy atom. The predicted octanol–water partition coefficient (Wildman–Crippen LogP) is 4.10. The van der Waals surface area contributed by atoms with Crippen LogP contribution in [0.1, 0.15) is 108 Å². The molecule has 1 saturated carbocycles. The Hall–Kier alpha value is -3.13. The van der Waals surface area contributed by atoms with Crippen LogP contribution in [0.4, 0.5) is 9.59 Å².